The van der Waals surface area contributed by atoms with E-state index in [9.17, 15) is 4.79 Å². The molecule has 0 saturated heterocycles. The van der Waals surface area contributed by atoms with Gasteiger partial charge in [-0.15, -0.1) is 17.0 Å². The third-order valence-electron chi connectivity index (χ3n) is 7.24. The maximum absolute atomic E-state index is 15.5. The van der Waals surface area contributed by atoms with E-state index in [1.807, 2.05) is 19.1 Å². The summed E-state index contributed by atoms with van der Waals surface area (Å²) in [6.45, 7) is 10.7. The van der Waals surface area contributed by atoms with Gasteiger partial charge in [0.25, 0.3) is 0 Å². The molecule has 1 heterocycles. The maximum Gasteiger partial charge on any atom is 0.197 e. The van der Waals surface area contributed by atoms with Gasteiger partial charge < -0.3 is 24.4 Å². The smallest absolute Gasteiger partial charge is 0.197 e. The lowest BCUT2D eigenvalue weighted by molar-refractivity contribution is 0.0962. The van der Waals surface area contributed by atoms with Crippen LogP contribution in [0.5, 0.6) is 17.2 Å². The molecule has 2 aliphatic rings. The number of carbonyl (C=O) groups is 1. The molecule has 0 radical (unpaired) electrons. The second kappa shape index (κ2) is 12.6. The van der Waals surface area contributed by atoms with Gasteiger partial charge in [0, 0.05) is 23.7 Å². The molecule has 0 spiro atoms. The molecule has 0 amide bonds. The normalized spacial score (nSPS) is 15.2. The van der Waals surface area contributed by atoms with Gasteiger partial charge in [0.2, 0.25) is 0 Å². The summed E-state index contributed by atoms with van der Waals surface area (Å²) in [6, 6.07) is 5.84. The van der Waals surface area contributed by atoms with Crippen molar-refractivity contribution in [2.75, 3.05) is 32.2 Å². The monoisotopic (exact) mass is 605 g/mol. The minimum atomic E-state index is -0.615. The van der Waals surface area contributed by atoms with E-state index < -0.39 is 5.82 Å². The summed E-state index contributed by atoms with van der Waals surface area (Å²) < 4.78 is 32.4. The number of Topliss-reactive ketones (excluding diaryl/α,β-unsaturated/α-hetero) is 1. The zero-order valence-corrected chi connectivity index (χ0v) is 25.5. The van der Waals surface area contributed by atoms with Gasteiger partial charge in [-0.25, -0.2) is 4.39 Å². The number of hydrogen-bond donors (Lipinski definition) is 2. The van der Waals surface area contributed by atoms with Gasteiger partial charge in [0.05, 0.1) is 38.1 Å². The molecule has 1 fully saturated rings. The van der Waals surface area contributed by atoms with Gasteiger partial charge in [0.1, 0.15) is 11.6 Å². The first-order chi connectivity index (χ1) is 18.1. The van der Waals surface area contributed by atoms with Crippen molar-refractivity contribution in [1.82, 2.24) is 4.90 Å². The number of carbonyl (C=O) groups excluding carboxylic acids is 1. The molecule has 0 bridgehead atoms. The number of methoxy groups -OCH3 is 1. The minimum absolute atomic E-state index is 0. The van der Waals surface area contributed by atoms with Crippen molar-refractivity contribution in [1.29, 1.82) is 5.41 Å². The maximum atomic E-state index is 15.5. The van der Waals surface area contributed by atoms with Gasteiger partial charge in [-0.3, -0.25) is 10.2 Å². The third-order valence-corrected chi connectivity index (χ3v) is 7.24. The molecule has 0 atom stereocenters. The summed E-state index contributed by atoms with van der Waals surface area (Å²) in [6.07, 6.45) is 4.56. The topological polar surface area (TPSA) is 83.9 Å². The van der Waals surface area contributed by atoms with Crippen LogP contribution in [-0.2, 0) is 12.0 Å². The summed E-state index contributed by atoms with van der Waals surface area (Å²) >= 11 is 0. The number of ketones is 1. The van der Waals surface area contributed by atoms with Crippen molar-refractivity contribution in [2.24, 2.45) is 0 Å². The van der Waals surface area contributed by atoms with Crippen molar-refractivity contribution >= 4 is 34.3 Å². The number of nitrogens with one attached hydrogen (secondary N) is 2. The lowest BCUT2D eigenvalue weighted by atomic mass is 9.84. The minimum Gasteiger partial charge on any atom is -0.494 e. The summed E-state index contributed by atoms with van der Waals surface area (Å²) in [5.41, 5.74) is 2.84. The Balaban J connectivity index is 0.00000420. The highest BCUT2D eigenvalue weighted by atomic mass is 79.9. The van der Waals surface area contributed by atoms with Crippen LogP contribution < -0.4 is 19.5 Å². The molecule has 9 heteroatoms. The lowest BCUT2D eigenvalue weighted by Crippen LogP contribution is -2.31. The van der Waals surface area contributed by atoms with Crippen LogP contribution in [0.15, 0.2) is 18.2 Å². The molecule has 0 aromatic heterocycles. The molecular weight excluding hydrogens is 565 g/mol. The number of halogens is 2. The van der Waals surface area contributed by atoms with Crippen molar-refractivity contribution in [3.8, 4) is 17.2 Å². The van der Waals surface area contributed by atoms with Gasteiger partial charge >= 0.3 is 0 Å². The summed E-state index contributed by atoms with van der Waals surface area (Å²) in [5, 5.41) is 12.3. The second-order valence-electron chi connectivity index (χ2n) is 11.0. The molecule has 2 N–H and O–H groups in total. The average molecular weight is 607 g/mol. The van der Waals surface area contributed by atoms with Crippen LogP contribution in [0.4, 0.5) is 10.1 Å². The van der Waals surface area contributed by atoms with Crippen LogP contribution in [0.1, 0.15) is 87.4 Å². The molecule has 1 aliphatic heterocycles. The summed E-state index contributed by atoms with van der Waals surface area (Å²) in [5.74, 6) is 0.314. The van der Waals surface area contributed by atoms with Gasteiger partial charge in [-0.2, -0.15) is 0 Å². The quantitative estimate of drug-likeness (QED) is 0.287. The largest absolute Gasteiger partial charge is 0.494 e. The number of amidine groups is 1. The molecule has 1 aliphatic carbocycles. The van der Waals surface area contributed by atoms with Crippen molar-refractivity contribution in [2.45, 2.75) is 78.3 Å². The van der Waals surface area contributed by atoms with E-state index in [1.54, 1.807) is 25.0 Å². The van der Waals surface area contributed by atoms with E-state index in [4.69, 9.17) is 19.6 Å². The second-order valence-corrected chi connectivity index (χ2v) is 11.0. The Morgan fingerprint density at radius 2 is 1.77 bits per heavy atom. The fourth-order valence-corrected chi connectivity index (χ4v) is 5.39. The van der Waals surface area contributed by atoms with E-state index in [1.165, 1.54) is 12.8 Å². The molecular formula is C30H41BrFN3O4. The summed E-state index contributed by atoms with van der Waals surface area (Å²) in [7, 11) is 1.66. The number of rotatable bonds is 10. The van der Waals surface area contributed by atoms with E-state index >= 15 is 4.39 Å². The highest BCUT2D eigenvalue weighted by Crippen LogP contribution is 2.41. The molecule has 2 aromatic rings. The fourth-order valence-electron chi connectivity index (χ4n) is 5.39. The fraction of sp³-hybridized carbons (Fsp3) is 0.533. The Bertz CT molecular complexity index is 1220. The van der Waals surface area contributed by atoms with Crippen LogP contribution in [0.3, 0.4) is 0 Å². The van der Waals surface area contributed by atoms with Crippen molar-refractivity contribution in [3.63, 3.8) is 0 Å². The molecule has 4 rings (SSSR count). The number of anilines is 1. The van der Waals surface area contributed by atoms with Gasteiger partial charge in [-0.05, 0) is 55.9 Å². The molecule has 214 valence electrons. The van der Waals surface area contributed by atoms with Crippen LogP contribution >= 0.6 is 17.0 Å². The van der Waals surface area contributed by atoms with Crippen LogP contribution in [0.2, 0.25) is 0 Å². The highest BCUT2D eigenvalue weighted by Gasteiger charge is 2.34. The Hall–Kier alpha value is -2.81. The number of nitrogens with zero attached hydrogens (tertiary/aromatic N) is 1. The molecule has 39 heavy (non-hydrogen) atoms. The number of hydrogen-bond acceptors (Lipinski definition) is 6. The first kappa shape index (κ1) is 30.7. The Labute approximate surface area is 241 Å². The summed E-state index contributed by atoms with van der Waals surface area (Å²) in [4.78, 5) is 15.2. The first-order valence-corrected chi connectivity index (χ1v) is 13.6. The van der Waals surface area contributed by atoms with Crippen molar-refractivity contribution in [3.05, 3.63) is 46.3 Å². The Kier molecular flexibility index (Phi) is 9.91. The third kappa shape index (κ3) is 6.34. The van der Waals surface area contributed by atoms with E-state index in [0.29, 0.717) is 29.5 Å². The van der Waals surface area contributed by atoms with Crippen LogP contribution in [0.25, 0.3) is 0 Å². The first-order valence-electron chi connectivity index (χ1n) is 13.6. The number of benzene rings is 2. The lowest BCUT2D eigenvalue weighted by Gasteiger charge is -2.27. The predicted octanol–water partition coefficient (Wildman–Crippen LogP) is 6.89. The zero-order valence-electron chi connectivity index (χ0n) is 23.8. The SMILES string of the molecule is Br.CCOc1cc2c(c(F)c1OCC)C(=N)N(CC(=O)c1cc(NC3CCCC3)c(OC)c(C(C)(C)C)c1)C2. The molecule has 0 unspecified atom stereocenters. The predicted molar refractivity (Wildman–Crippen MR) is 158 cm³/mol. The Morgan fingerprint density at radius 3 is 2.36 bits per heavy atom. The van der Waals surface area contributed by atoms with Crippen LogP contribution in [-0.4, -0.2) is 49.4 Å². The van der Waals surface area contributed by atoms with Gasteiger partial charge in [0.15, 0.2) is 23.1 Å². The van der Waals surface area contributed by atoms with E-state index in [-0.39, 0.29) is 65.0 Å². The van der Waals surface area contributed by atoms with Crippen molar-refractivity contribution < 1.29 is 23.4 Å². The standard InChI is InChI=1S/C30H40FN3O4.BrH/c1-7-37-24-15-19-16-34(29(32)25(19)26(31)28(24)38-8-2)17-23(35)18-13-21(30(3,4)5)27(36-6)22(14-18)33-20-11-9-10-12-20;/h13-15,20,32-33H,7-12,16-17H2,1-6H3;1H. The van der Waals surface area contributed by atoms with E-state index in [2.05, 4.69) is 26.1 Å². The zero-order chi connectivity index (χ0) is 27.6. The van der Waals surface area contributed by atoms with Gasteiger partial charge in [-0.1, -0.05) is 33.6 Å². The number of ether oxygens (including phenoxy) is 3. The van der Waals surface area contributed by atoms with E-state index in [0.717, 1.165) is 29.8 Å². The number of fused-ring (bicyclic) bond motifs is 1. The molecule has 2 aromatic carbocycles. The van der Waals surface area contributed by atoms with Crippen LogP contribution in [0, 0.1) is 11.2 Å². The average Bonchev–Trinajstić information content (AvgIpc) is 3.48. The molecule has 1 saturated carbocycles. The molecule has 7 nitrogen and oxygen atoms in total. The highest BCUT2D eigenvalue weighted by molar-refractivity contribution is 8.93. The Morgan fingerprint density at radius 1 is 1.10 bits per heavy atom.